The van der Waals surface area contributed by atoms with Gasteiger partial charge in [0.15, 0.2) is 23.3 Å². The molecule has 62 heavy (non-hydrogen) atoms. The van der Waals surface area contributed by atoms with Gasteiger partial charge in [-0.05, 0) is 53.9 Å². The molecule has 0 amide bonds. The molecule has 0 bridgehead atoms. The molecule has 0 aliphatic heterocycles. The number of benzene rings is 8. The van der Waals surface area contributed by atoms with Crippen LogP contribution in [0.15, 0.2) is 212 Å². The van der Waals surface area contributed by atoms with Crippen molar-refractivity contribution in [1.82, 2.24) is 29.5 Å². The highest BCUT2D eigenvalue weighted by Crippen LogP contribution is 2.40. The molecule has 6 heteroatoms. The van der Waals surface area contributed by atoms with E-state index in [4.69, 9.17) is 24.9 Å². The number of hydrogen-bond acceptors (Lipinski definition) is 5. The minimum absolute atomic E-state index is 0.552. The van der Waals surface area contributed by atoms with Crippen LogP contribution in [0, 0.1) is 6.92 Å². The molecule has 3 heterocycles. The average Bonchev–Trinajstić information content (AvgIpc) is 3.68. The molecule has 292 valence electrons. The topological polar surface area (TPSA) is 69.4 Å². The fourth-order valence-corrected chi connectivity index (χ4v) is 8.36. The van der Waals surface area contributed by atoms with E-state index in [0.29, 0.717) is 23.3 Å². The van der Waals surface area contributed by atoms with Crippen molar-refractivity contribution in [2.45, 2.75) is 6.92 Å². The van der Waals surface area contributed by atoms with E-state index >= 15 is 0 Å². The number of hydrogen-bond donors (Lipinski definition) is 0. The largest absolute Gasteiger partial charge is 0.308 e. The Balaban J connectivity index is 1.21. The monoisotopic (exact) mass is 794 g/mol. The van der Waals surface area contributed by atoms with Crippen molar-refractivity contribution in [3.05, 3.63) is 218 Å². The summed E-state index contributed by atoms with van der Waals surface area (Å²) in [6, 6.07) is 73.3. The summed E-state index contributed by atoms with van der Waals surface area (Å²) in [5.41, 5.74) is 13.8. The van der Waals surface area contributed by atoms with Crippen LogP contribution in [0.25, 0.3) is 107 Å². The first-order valence-electron chi connectivity index (χ1n) is 20.8. The van der Waals surface area contributed by atoms with Crippen LogP contribution >= 0.6 is 0 Å². The van der Waals surface area contributed by atoms with Crippen LogP contribution in [0.2, 0.25) is 0 Å². The van der Waals surface area contributed by atoms with Crippen molar-refractivity contribution in [3.8, 4) is 84.9 Å². The zero-order valence-corrected chi connectivity index (χ0v) is 33.9. The third-order valence-electron chi connectivity index (χ3n) is 11.4. The predicted molar refractivity (Wildman–Crippen MR) is 253 cm³/mol. The predicted octanol–water partition coefficient (Wildman–Crippen LogP) is 13.7. The quantitative estimate of drug-likeness (QED) is 0.153. The van der Waals surface area contributed by atoms with Crippen LogP contribution in [0.5, 0.6) is 0 Å². The van der Waals surface area contributed by atoms with E-state index in [9.17, 15) is 0 Å². The molecular formula is C56H38N6. The van der Waals surface area contributed by atoms with Gasteiger partial charge in [0.05, 0.1) is 28.1 Å². The molecule has 6 nitrogen and oxygen atoms in total. The van der Waals surface area contributed by atoms with Gasteiger partial charge in [-0.2, -0.15) is 0 Å². The summed E-state index contributed by atoms with van der Waals surface area (Å²) in [6.07, 6.45) is 0. The minimum atomic E-state index is 0.552. The van der Waals surface area contributed by atoms with Crippen LogP contribution in [-0.4, -0.2) is 29.5 Å². The van der Waals surface area contributed by atoms with Crippen LogP contribution in [0.3, 0.4) is 0 Å². The molecular weight excluding hydrogens is 757 g/mol. The normalized spacial score (nSPS) is 11.3. The SMILES string of the molecule is Cc1ccccc1-c1ccc2c3ccccc3n(-c3ccc(-c4cc(-c5ccccc5)nc(-c5ccccc5)n4)cc3-c3nc(-c4ccccc4)nc(-c4ccccc4)n3)c2c1. The highest BCUT2D eigenvalue weighted by molar-refractivity contribution is 6.10. The number of rotatable bonds is 8. The lowest BCUT2D eigenvalue weighted by Gasteiger charge is -2.17. The Bertz CT molecular complexity index is 3280. The highest BCUT2D eigenvalue weighted by atomic mass is 15.1. The summed E-state index contributed by atoms with van der Waals surface area (Å²) in [7, 11) is 0. The average molecular weight is 795 g/mol. The molecule has 0 saturated heterocycles. The molecule has 11 aromatic rings. The molecule has 0 atom stereocenters. The fourth-order valence-electron chi connectivity index (χ4n) is 8.36. The van der Waals surface area contributed by atoms with E-state index in [2.05, 4.69) is 127 Å². The number of nitrogens with zero attached hydrogens (tertiary/aromatic N) is 6. The Hall–Kier alpha value is -8.35. The van der Waals surface area contributed by atoms with E-state index in [-0.39, 0.29) is 0 Å². The summed E-state index contributed by atoms with van der Waals surface area (Å²) in [5, 5.41) is 2.32. The molecule has 8 aromatic carbocycles. The van der Waals surface area contributed by atoms with Gasteiger partial charge >= 0.3 is 0 Å². The second-order valence-electron chi connectivity index (χ2n) is 15.4. The van der Waals surface area contributed by atoms with Gasteiger partial charge in [-0.15, -0.1) is 0 Å². The van der Waals surface area contributed by atoms with E-state index in [1.54, 1.807) is 0 Å². The van der Waals surface area contributed by atoms with Gasteiger partial charge in [-0.3, -0.25) is 0 Å². The second kappa shape index (κ2) is 15.7. The van der Waals surface area contributed by atoms with Crippen LogP contribution in [0.1, 0.15) is 5.56 Å². The lowest BCUT2D eigenvalue weighted by molar-refractivity contribution is 1.06. The third kappa shape index (κ3) is 6.79. The maximum atomic E-state index is 5.30. The van der Waals surface area contributed by atoms with E-state index in [0.717, 1.165) is 77.8 Å². The van der Waals surface area contributed by atoms with Gasteiger partial charge in [0, 0.05) is 44.2 Å². The molecule has 0 spiro atoms. The lowest BCUT2D eigenvalue weighted by Crippen LogP contribution is -2.04. The van der Waals surface area contributed by atoms with Gasteiger partial charge in [0.25, 0.3) is 0 Å². The van der Waals surface area contributed by atoms with Crippen molar-refractivity contribution in [1.29, 1.82) is 0 Å². The van der Waals surface area contributed by atoms with Gasteiger partial charge in [-0.1, -0.05) is 182 Å². The smallest absolute Gasteiger partial charge is 0.166 e. The number of fused-ring (bicyclic) bond motifs is 3. The van der Waals surface area contributed by atoms with E-state index in [1.165, 1.54) is 11.1 Å². The van der Waals surface area contributed by atoms with Crippen molar-refractivity contribution in [2.24, 2.45) is 0 Å². The Morgan fingerprint density at radius 2 is 0.790 bits per heavy atom. The summed E-state index contributed by atoms with van der Waals surface area (Å²) >= 11 is 0. The zero-order chi connectivity index (χ0) is 41.4. The molecule has 0 radical (unpaired) electrons. The number of aryl methyl sites for hydroxylation is 1. The van der Waals surface area contributed by atoms with Crippen LogP contribution < -0.4 is 0 Å². The van der Waals surface area contributed by atoms with Crippen LogP contribution in [-0.2, 0) is 0 Å². The Morgan fingerprint density at radius 1 is 0.306 bits per heavy atom. The zero-order valence-electron chi connectivity index (χ0n) is 33.9. The lowest BCUT2D eigenvalue weighted by atomic mass is 9.99. The molecule has 0 saturated carbocycles. The summed E-state index contributed by atoms with van der Waals surface area (Å²) in [4.78, 5) is 26.0. The molecule has 0 aliphatic carbocycles. The van der Waals surface area contributed by atoms with E-state index < -0.39 is 0 Å². The summed E-state index contributed by atoms with van der Waals surface area (Å²) in [5.74, 6) is 2.39. The fraction of sp³-hybridized carbons (Fsp3) is 0.0179. The van der Waals surface area contributed by atoms with Gasteiger partial charge in [-0.25, -0.2) is 24.9 Å². The summed E-state index contributed by atoms with van der Waals surface area (Å²) < 4.78 is 2.37. The van der Waals surface area contributed by atoms with Gasteiger partial charge in [0.2, 0.25) is 0 Å². The maximum absolute atomic E-state index is 5.30. The molecule has 0 N–H and O–H groups in total. The van der Waals surface area contributed by atoms with Gasteiger partial charge < -0.3 is 4.57 Å². The number of para-hydroxylation sites is 1. The van der Waals surface area contributed by atoms with Crippen molar-refractivity contribution < 1.29 is 0 Å². The first kappa shape index (κ1) is 36.7. The van der Waals surface area contributed by atoms with Crippen LogP contribution in [0.4, 0.5) is 0 Å². The number of aromatic nitrogens is 6. The molecule has 11 rings (SSSR count). The standard InChI is InChI=1S/C56H38N6/c1-37-18-14-15-27-44(37)42-30-32-46-45-28-16-17-29-50(45)62(52(46)35-42)51-33-31-43(49-36-48(38-19-6-2-7-20-38)57-53(58-49)39-21-8-3-9-22-39)34-47(51)56-60-54(40-23-10-4-11-24-40)59-55(61-56)41-25-12-5-13-26-41/h2-36H,1H3. The van der Waals surface area contributed by atoms with Gasteiger partial charge in [0.1, 0.15) is 0 Å². The first-order chi connectivity index (χ1) is 30.6. The molecule has 0 unspecified atom stereocenters. The molecule has 3 aromatic heterocycles. The Morgan fingerprint density at radius 3 is 1.42 bits per heavy atom. The Labute approximate surface area is 359 Å². The first-order valence-corrected chi connectivity index (χ1v) is 20.8. The Kier molecular flexibility index (Phi) is 9.28. The molecule has 0 fully saturated rings. The van der Waals surface area contributed by atoms with Crippen molar-refractivity contribution >= 4 is 21.8 Å². The highest BCUT2D eigenvalue weighted by Gasteiger charge is 2.22. The summed E-state index contributed by atoms with van der Waals surface area (Å²) in [6.45, 7) is 2.17. The molecule has 0 aliphatic rings. The second-order valence-corrected chi connectivity index (χ2v) is 15.4. The van der Waals surface area contributed by atoms with E-state index in [1.807, 2.05) is 97.1 Å². The minimum Gasteiger partial charge on any atom is -0.308 e. The van der Waals surface area contributed by atoms with Crippen molar-refractivity contribution in [2.75, 3.05) is 0 Å². The third-order valence-corrected chi connectivity index (χ3v) is 11.4. The van der Waals surface area contributed by atoms with Crippen molar-refractivity contribution in [3.63, 3.8) is 0 Å². The maximum Gasteiger partial charge on any atom is 0.166 e.